The van der Waals surface area contributed by atoms with Crippen molar-refractivity contribution in [2.24, 2.45) is 4.99 Å². The maximum absolute atomic E-state index is 6.03. The Labute approximate surface area is 153 Å². The van der Waals surface area contributed by atoms with E-state index in [-0.39, 0.29) is 6.04 Å². The molecule has 1 atom stereocenters. The number of nitrogens with one attached hydrogen (secondary N) is 2. The Kier molecular flexibility index (Phi) is 6.12. The summed E-state index contributed by atoms with van der Waals surface area (Å²) < 4.78 is 1.94. The first-order valence-corrected chi connectivity index (χ1v) is 9.08. The smallest absolute Gasteiger partial charge is 0.191 e. The third-order valence-electron chi connectivity index (χ3n) is 4.21. The highest BCUT2D eigenvalue weighted by molar-refractivity contribution is 6.30. The zero-order valence-electron chi connectivity index (χ0n) is 14.4. The van der Waals surface area contributed by atoms with Crippen LogP contribution in [0.3, 0.4) is 0 Å². The summed E-state index contributed by atoms with van der Waals surface area (Å²) in [7, 11) is 0. The molecule has 1 heterocycles. The molecule has 0 saturated carbocycles. The summed E-state index contributed by atoms with van der Waals surface area (Å²) >= 11 is 6.03. The van der Waals surface area contributed by atoms with Crippen molar-refractivity contribution in [3.63, 3.8) is 0 Å². The molecular formula is C19H24ClN5. The molecule has 1 aromatic heterocycles. The van der Waals surface area contributed by atoms with Gasteiger partial charge in [-0.25, -0.2) is 0 Å². The van der Waals surface area contributed by atoms with E-state index in [9.17, 15) is 0 Å². The Hall–Kier alpha value is -2.27. The molecule has 1 aliphatic rings. The van der Waals surface area contributed by atoms with E-state index in [1.54, 1.807) is 6.20 Å². The molecule has 5 nitrogen and oxygen atoms in total. The predicted molar refractivity (Wildman–Crippen MR) is 103 cm³/mol. The molecule has 1 aromatic carbocycles. The SMILES string of the molecule is CCNC(=NCC(c1ccc(Cl)cc1)n1cccn1)NC1CC=CC1. The number of halogens is 1. The molecule has 3 rings (SSSR count). The summed E-state index contributed by atoms with van der Waals surface area (Å²) in [6, 6.07) is 10.3. The molecule has 2 aromatic rings. The van der Waals surface area contributed by atoms with Crippen LogP contribution in [0.4, 0.5) is 0 Å². The molecule has 132 valence electrons. The fraction of sp³-hybridized carbons (Fsp3) is 0.368. The van der Waals surface area contributed by atoms with Crippen LogP contribution in [-0.4, -0.2) is 34.9 Å². The first-order valence-electron chi connectivity index (χ1n) is 8.70. The lowest BCUT2D eigenvalue weighted by Crippen LogP contribution is -2.42. The maximum Gasteiger partial charge on any atom is 0.191 e. The Balaban J connectivity index is 1.76. The molecule has 0 fully saturated rings. The van der Waals surface area contributed by atoms with E-state index in [0.717, 1.165) is 35.9 Å². The fourth-order valence-corrected chi connectivity index (χ4v) is 3.04. The highest BCUT2D eigenvalue weighted by atomic mass is 35.5. The first kappa shape index (κ1) is 17.5. The van der Waals surface area contributed by atoms with Crippen molar-refractivity contribution in [3.8, 4) is 0 Å². The van der Waals surface area contributed by atoms with Gasteiger partial charge in [-0.2, -0.15) is 5.10 Å². The fourth-order valence-electron chi connectivity index (χ4n) is 2.92. The van der Waals surface area contributed by atoms with Crippen molar-refractivity contribution in [1.82, 2.24) is 20.4 Å². The highest BCUT2D eigenvalue weighted by Crippen LogP contribution is 2.20. The van der Waals surface area contributed by atoms with E-state index in [1.165, 1.54) is 0 Å². The molecular weight excluding hydrogens is 334 g/mol. The molecule has 0 aliphatic heterocycles. The molecule has 1 unspecified atom stereocenters. The van der Waals surface area contributed by atoms with Gasteiger partial charge in [0.2, 0.25) is 0 Å². The molecule has 25 heavy (non-hydrogen) atoms. The summed E-state index contributed by atoms with van der Waals surface area (Å²) in [4.78, 5) is 4.80. The van der Waals surface area contributed by atoms with Crippen molar-refractivity contribution in [2.45, 2.75) is 31.8 Å². The van der Waals surface area contributed by atoms with Crippen LogP contribution < -0.4 is 10.6 Å². The number of hydrogen-bond donors (Lipinski definition) is 2. The minimum absolute atomic E-state index is 0.0319. The lowest BCUT2D eigenvalue weighted by molar-refractivity contribution is 0.529. The highest BCUT2D eigenvalue weighted by Gasteiger charge is 2.16. The topological polar surface area (TPSA) is 54.2 Å². The van der Waals surface area contributed by atoms with Crippen LogP contribution in [0.25, 0.3) is 0 Å². The summed E-state index contributed by atoms with van der Waals surface area (Å²) in [5.74, 6) is 0.849. The zero-order valence-corrected chi connectivity index (χ0v) is 15.2. The Bertz CT molecular complexity index is 698. The lowest BCUT2D eigenvalue weighted by atomic mass is 10.1. The molecule has 0 radical (unpaired) electrons. The predicted octanol–water partition coefficient (Wildman–Crippen LogP) is 3.40. The van der Waals surface area contributed by atoms with Crippen LogP contribution in [0, 0.1) is 0 Å². The normalized spacial score (nSPS) is 16.2. The average molecular weight is 358 g/mol. The van der Waals surface area contributed by atoms with Crippen LogP contribution in [0.5, 0.6) is 0 Å². The quantitative estimate of drug-likeness (QED) is 0.473. The van der Waals surface area contributed by atoms with Crippen molar-refractivity contribution in [3.05, 3.63) is 65.5 Å². The van der Waals surface area contributed by atoms with Crippen LogP contribution in [0.2, 0.25) is 5.02 Å². The number of benzene rings is 1. The summed E-state index contributed by atoms with van der Waals surface area (Å²) in [5.41, 5.74) is 1.13. The van der Waals surface area contributed by atoms with Crippen molar-refractivity contribution < 1.29 is 0 Å². The van der Waals surface area contributed by atoms with Gasteiger partial charge in [0.15, 0.2) is 5.96 Å². The molecule has 0 amide bonds. The van der Waals surface area contributed by atoms with E-state index in [4.69, 9.17) is 16.6 Å². The van der Waals surface area contributed by atoms with Gasteiger partial charge in [0, 0.05) is 30.0 Å². The summed E-state index contributed by atoms with van der Waals surface area (Å²) in [6.45, 7) is 3.51. The Morgan fingerprint density at radius 1 is 1.32 bits per heavy atom. The van der Waals surface area contributed by atoms with Crippen LogP contribution >= 0.6 is 11.6 Å². The van der Waals surface area contributed by atoms with Crippen molar-refractivity contribution >= 4 is 17.6 Å². The van der Waals surface area contributed by atoms with Crippen LogP contribution in [0.15, 0.2) is 59.9 Å². The molecule has 6 heteroatoms. The van der Waals surface area contributed by atoms with Crippen LogP contribution in [-0.2, 0) is 0 Å². The van der Waals surface area contributed by atoms with Gasteiger partial charge in [-0.15, -0.1) is 0 Å². The third kappa shape index (κ3) is 4.86. The van der Waals surface area contributed by atoms with Gasteiger partial charge in [-0.3, -0.25) is 9.67 Å². The molecule has 0 spiro atoms. The second-order valence-electron chi connectivity index (χ2n) is 6.06. The molecule has 0 saturated heterocycles. The van der Waals surface area contributed by atoms with Gasteiger partial charge in [-0.1, -0.05) is 35.9 Å². The number of aliphatic imine (C=N–C) groups is 1. The van der Waals surface area contributed by atoms with Gasteiger partial charge in [-0.05, 0) is 43.5 Å². The number of guanidine groups is 1. The van der Waals surface area contributed by atoms with Crippen molar-refractivity contribution in [1.29, 1.82) is 0 Å². The molecule has 1 aliphatic carbocycles. The van der Waals surface area contributed by atoms with Gasteiger partial charge >= 0.3 is 0 Å². The Morgan fingerprint density at radius 2 is 2.08 bits per heavy atom. The number of aromatic nitrogens is 2. The summed E-state index contributed by atoms with van der Waals surface area (Å²) in [6.07, 6.45) is 10.3. The third-order valence-corrected chi connectivity index (χ3v) is 4.47. The van der Waals surface area contributed by atoms with E-state index < -0.39 is 0 Å². The first-order chi connectivity index (χ1) is 12.3. The largest absolute Gasteiger partial charge is 0.357 e. The lowest BCUT2D eigenvalue weighted by Gasteiger charge is -2.20. The monoisotopic (exact) mass is 357 g/mol. The maximum atomic E-state index is 6.03. The Morgan fingerprint density at radius 3 is 2.72 bits per heavy atom. The minimum Gasteiger partial charge on any atom is -0.357 e. The molecule has 2 N–H and O–H groups in total. The summed E-state index contributed by atoms with van der Waals surface area (Å²) in [5, 5.41) is 12.0. The average Bonchev–Trinajstić information content (AvgIpc) is 3.30. The number of hydrogen-bond acceptors (Lipinski definition) is 2. The minimum atomic E-state index is 0.0319. The standard InChI is InChI=1S/C19H24ClN5/c1-2-21-19(24-17-6-3-4-7-17)22-14-18(25-13-5-12-23-25)15-8-10-16(20)11-9-15/h3-5,8-13,17-18H,2,6-7,14H2,1H3,(H2,21,22,24). The zero-order chi connectivity index (χ0) is 17.5. The van der Waals surface area contributed by atoms with Gasteiger partial charge in [0.25, 0.3) is 0 Å². The van der Waals surface area contributed by atoms with Gasteiger partial charge in [0.1, 0.15) is 0 Å². The second-order valence-corrected chi connectivity index (χ2v) is 6.49. The van der Waals surface area contributed by atoms with E-state index in [0.29, 0.717) is 12.6 Å². The van der Waals surface area contributed by atoms with Gasteiger partial charge in [0.05, 0.1) is 12.6 Å². The van der Waals surface area contributed by atoms with Crippen molar-refractivity contribution in [2.75, 3.05) is 13.1 Å². The second kappa shape index (κ2) is 8.72. The van der Waals surface area contributed by atoms with E-state index in [2.05, 4.69) is 34.8 Å². The van der Waals surface area contributed by atoms with Gasteiger partial charge < -0.3 is 10.6 Å². The number of rotatable bonds is 6. The van der Waals surface area contributed by atoms with E-state index in [1.807, 2.05) is 41.2 Å². The van der Waals surface area contributed by atoms with E-state index >= 15 is 0 Å². The molecule has 0 bridgehead atoms. The number of nitrogens with zero attached hydrogens (tertiary/aromatic N) is 3. The van der Waals surface area contributed by atoms with Crippen LogP contribution in [0.1, 0.15) is 31.4 Å².